The van der Waals surface area contributed by atoms with Crippen molar-refractivity contribution in [2.45, 2.75) is 25.3 Å². The summed E-state index contributed by atoms with van der Waals surface area (Å²) < 4.78 is 1.66. The lowest BCUT2D eigenvalue weighted by atomic mass is 10.1. The van der Waals surface area contributed by atoms with Crippen molar-refractivity contribution in [2.75, 3.05) is 11.9 Å². The van der Waals surface area contributed by atoms with Crippen molar-refractivity contribution in [1.82, 2.24) is 24.5 Å². The van der Waals surface area contributed by atoms with Crippen LogP contribution in [0.1, 0.15) is 19.3 Å². The van der Waals surface area contributed by atoms with E-state index in [-0.39, 0.29) is 23.9 Å². The summed E-state index contributed by atoms with van der Waals surface area (Å²) in [5.74, 6) is 1.09. The first kappa shape index (κ1) is 13.3. The Morgan fingerprint density at radius 2 is 2.25 bits per heavy atom. The minimum atomic E-state index is 0.129. The Bertz CT molecular complexity index is 575. The number of hydrogen-bond donors (Lipinski definition) is 2. The van der Waals surface area contributed by atoms with E-state index in [0.29, 0.717) is 11.9 Å². The highest BCUT2D eigenvalue weighted by atomic mass is 35.5. The molecule has 2 aromatic rings. The molecule has 20 heavy (non-hydrogen) atoms. The van der Waals surface area contributed by atoms with Gasteiger partial charge in [0.2, 0.25) is 17.2 Å². The highest BCUT2D eigenvalue weighted by Crippen LogP contribution is 2.27. The number of aliphatic hydroxyl groups excluding tert-OH is 1. The molecule has 0 aromatic carbocycles. The van der Waals surface area contributed by atoms with E-state index in [9.17, 15) is 5.11 Å². The highest BCUT2D eigenvalue weighted by molar-refractivity contribution is 6.28. The predicted molar refractivity (Wildman–Crippen MR) is 73.8 cm³/mol. The normalized spacial score (nSPS) is 22.1. The first-order valence-corrected chi connectivity index (χ1v) is 6.91. The van der Waals surface area contributed by atoms with Gasteiger partial charge in [-0.1, -0.05) is 6.42 Å². The number of rotatable bonds is 4. The Hall–Kier alpha value is -1.73. The Morgan fingerprint density at radius 1 is 1.35 bits per heavy atom. The van der Waals surface area contributed by atoms with Crippen molar-refractivity contribution in [3.63, 3.8) is 0 Å². The summed E-state index contributed by atoms with van der Waals surface area (Å²) in [5, 5.41) is 12.7. The van der Waals surface area contributed by atoms with Gasteiger partial charge in [0, 0.05) is 31.0 Å². The second kappa shape index (κ2) is 5.72. The molecule has 0 spiro atoms. The van der Waals surface area contributed by atoms with E-state index >= 15 is 0 Å². The third-order valence-corrected chi connectivity index (χ3v) is 3.71. The summed E-state index contributed by atoms with van der Waals surface area (Å²) in [4.78, 5) is 16.4. The standard InChI is InChI=1S/C12H15ClN6O/c13-10-16-11(15-9-3-1-2-8(9)6-20)18-12(17-10)19-5-4-14-7-19/h4-5,7-9,20H,1-3,6H2,(H,15,16,17,18). The Kier molecular flexibility index (Phi) is 3.79. The van der Waals surface area contributed by atoms with Crippen LogP contribution in [0.5, 0.6) is 0 Å². The second-order valence-electron chi connectivity index (χ2n) is 4.82. The number of hydrogen-bond acceptors (Lipinski definition) is 6. The van der Waals surface area contributed by atoms with Gasteiger partial charge in [0.15, 0.2) is 0 Å². The minimum Gasteiger partial charge on any atom is -0.396 e. The molecule has 2 atom stereocenters. The van der Waals surface area contributed by atoms with E-state index in [2.05, 4.69) is 25.3 Å². The molecule has 1 aliphatic rings. The number of nitrogens with one attached hydrogen (secondary N) is 1. The van der Waals surface area contributed by atoms with E-state index in [1.807, 2.05) is 0 Å². The van der Waals surface area contributed by atoms with Gasteiger partial charge < -0.3 is 10.4 Å². The van der Waals surface area contributed by atoms with Crippen LogP contribution in [0.2, 0.25) is 5.28 Å². The van der Waals surface area contributed by atoms with E-state index in [1.165, 1.54) is 0 Å². The Balaban J connectivity index is 1.83. The number of nitrogens with zero attached hydrogens (tertiary/aromatic N) is 5. The molecule has 2 heterocycles. The van der Waals surface area contributed by atoms with Gasteiger partial charge in [0.05, 0.1) is 0 Å². The fourth-order valence-corrected chi connectivity index (χ4v) is 2.66. The van der Waals surface area contributed by atoms with E-state index in [4.69, 9.17) is 11.6 Å². The van der Waals surface area contributed by atoms with Crippen molar-refractivity contribution < 1.29 is 5.11 Å². The van der Waals surface area contributed by atoms with Gasteiger partial charge in [-0.2, -0.15) is 15.0 Å². The molecule has 0 radical (unpaired) electrons. The SMILES string of the molecule is OCC1CCCC1Nc1nc(Cl)nc(-n2ccnc2)n1. The van der Waals surface area contributed by atoms with Crippen LogP contribution in [0.3, 0.4) is 0 Å². The third-order valence-electron chi connectivity index (χ3n) is 3.54. The van der Waals surface area contributed by atoms with Gasteiger partial charge in [0.25, 0.3) is 0 Å². The summed E-state index contributed by atoms with van der Waals surface area (Å²) in [6.45, 7) is 0.171. The molecule has 106 valence electrons. The fraction of sp³-hybridized carbons (Fsp3) is 0.500. The summed E-state index contributed by atoms with van der Waals surface area (Å²) in [5.41, 5.74) is 0. The lowest BCUT2D eigenvalue weighted by Gasteiger charge is -2.19. The number of anilines is 1. The monoisotopic (exact) mass is 294 g/mol. The van der Waals surface area contributed by atoms with Crippen molar-refractivity contribution >= 4 is 17.5 Å². The minimum absolute atomic E-state index is 0.129. The molecule has 1 saturated carbocycles. The van der Waals surface area contributed by atoms with Crippen molar-refractivity contribution in [3.05, 3.63) is 24.0 Å². The second-order valence-corrected chi connectivity index (χ2v) is 5.16. The van der Waals surface area contributed by atoms with Gasteiger partial charge in [-0.05, 0) is 24.4 Å². The maximum Gasteiger partial charge on any atom is 0.241 e. The van der Waals surface area contributed by atoms with Crippen molar-refractivity contribution in [3.8, 4) is 5.95 Å². The van der Waals surface area contributed by atoms with Gasteiger partial charge in [0.1, 0.15) is 6.33 Å². The molecule has 8 heteroatoms. The van der Waals surface area contributed by atoms with Crippen molar-refractivity contribution in [1.29, 1.82) is 0 Å². The highest BCUT2D eigenvalue weighted by Gasteiger charge is 2.27. The molecular formula is C12H15ClN6O. The van der Waals surface area contributed by atoms with Gasteiger partial charge in [-0.25, -0.2) is 4.98 Å². The summed E-state index contributed by atoms with van der Waals surface area (Å²) in [6, 6.07) is 0.175. The molecule has 3 rings (SSSR count). The lowest BCUT2D eigenvalue weighted by Crippen LogP contribution is -2.27. The van der Waals surface area contributed by atoms with Crippen LogP contribution < -0.4 is 5.32 Å². The molecule has 1 fully saturated rings. The maximum atomic E-state index is 9.34. The fourth-order valence-electron chi connectivity index (χ4n) is 2.51. The topological polar surface area (TPSA) is 88.8 Å². The van der Waals surface area contributed by atoms with Crippen LogP contribution in [-0.4, -0.2) is 42.3 Å². The van der Waals surface area contributed by atoms with Crippen LogP contribution in [0.4, 0.5) is 5.95 Å². The molecule has 1 aliphatic carbocycles. The first-order valence-electron chi connectivity index (χ1n) is 6.53. The molecular weight excluding hydrogens is 280 g/mol. The smallest absolute Gasteiger partial charge is 0.241 e. The number of halogens is 1. The maximum absolute atomic E-state index is 9.34. The first-order chi connectivity index (χ1) is 9.76. The molecule has 0 amide bonds. The van der Waals surface area contributed by atoms with Crippen LogP contribution >= 0.6 is 11.6 Å². The lowest BCUT2D eigenvalue weighted by molar-refractivity contribution is 0.222. The zero-order chi connectivity index (χ0) is 13.9. The molecule has 0 aliphatic heterocycles. The van der Waals surface area contributed by atoms with Crippen LogP contribution in [0.15, 0.2) is 18.7 Å². The molecule has 2 N–H and O–H groups in total. The van der Waals surface area contributed by atoms with Crippen LogP contribution in [-0.2, 0) is 0 Å². The Labute approximate surface area is 121 Å². The summed E-state index contributed by atoms with van der Waals surface area (Å²) >= 11 is 5.94. The van der Waals surface area contributed by atoms with Gasteiger partial charge >= 0.3 is 0 Å². The largest absolute Gasteiger partial charge is 0.396 e. The zero-order valence-electron chi connectivity index (χ0n) is 10.8. The molecule has 0 saturated heterocycles. The van der Waals surface area contributed by atoms with E-state index in [1.54, 1.807) is 23.3 Å². The number of aromatic nitrogens is 5. The van der Waals surface area contributed by atoms with E-state index < -0.39 is 0 Å². The molecule has 7 nitrogen and oxygen atoms in total. The van der Waals surface area contributed by atoms with Crippen LogP contribution in [0.25, 0.3) is 5.95 Å². The third kappa shape index (κ3) is 2.73. The van der Waals surface area contributed by atoms with Gasteiger partial charge in [-0.3, -0.25) is 4.57 Å². The molecule has 2 unspecified atom stereocenters. The van der Waals surface area contributed by atoms with Gasteiger partial charge in [-0.15, -0.1) is 0 Å². The quantitative estimate of drug-likeness (QED) is 0.883. The molecule has 0 bridgehead atoms. The molecule has 2 aromatic heterocycles. The van der Waals surface area contributed by atoms with E-state index in [0.717, 1.165) is 19.3 Å². The summed E-state index contributed by atoms with van der Waals surface area (Å²) in [6.07, 6.45) is 8.08. The Morgan fingerprint density at radius 3 is 3.00 bits per heavy atom. The predicted octanol–water partition coefficient (Wildman–Crippen LogP) is 1.28. The summed E-state index contributed by atoms with van der Waals surface area (Å²) in [7, 11) is 0. The average Bonchev–Trinajstić information content (AvgIpc) is 3.08. The van der Waals surface area contributed by atoms with Crippen LogP contribution in [0, 0.1) is 5.92 Å². The number of imidazole rings is 1. The van der Waals surface area contributed by atoms with Crippen molar-refractivity contribution in [2.24, 2.45) is 5.92 Å². The number of aliphatic hydroxyl groups is 1. The average molecular weight is 295 g/mol. The zero-order valence-corrected chi connectivity index (χ0v) is 11.5.